The van der Waals surface area contributed by atoms with Crippen molar-refractivity contribution in [1.82, 2.24) is 5.32 Å². The maximum absolute atomic E-state index is 5.62. The lowest BCUT2D eigenvalue weighted by atomic mass is 10.2. The fourth-order valence-corrected chi connectivity index (χ4v) is 2.23. The van der Waals surface area contributed by atoms with Crippen LogP contribution in [-0.2, 0) is 0 Å². The summed E-state index contributed by atoms with van der Waals surface area (Å²) in [6.07, 6.45) is 1.11. The van der Waals surface area contributed by atoms with Crippen molar-refractivity contribution >= 4 is 5.69 Å². The first kappa shape index (κ1) is 14.7. The number of aryl methyl sites for hydroxylation is 1. The van der Waals surface area contributed by atoms with Crippen LogP contribution < -0.4 is 10.2 Å². The number of benzene rings is 1. The van der Waals surface area contributed by atoms with Gasteiger partial charge in [-0.2, -0.15) is 0 Å². The maximum atomic E-state index is 5.62. The minimum absolute atomic E-state index is 0.269. The molecule has 0 fully saturated rings. The third-order valence-corrected chi connectivity index (χ3v) is 3.51. The van der Waals surface area contributed by atoms with E-state index in [-0.39, 0.29) is 6.04 Å². The normalized spacial score (nSPS) is 12.3. The standard InChI is InChI=1S/C17H24N2O/c1-14-10-11-17(20-14)15(2)18-12-7-13-19(3)16-8-5-4-6-9-16/h4-6,8-11,15,18H,7,12-13H2,1-3H3. The Morgan fingerprint density at radius 3 is 2.55 bits per heavy atom. The molecule has 2 aromatic rings. The van der Waals surface area contributed by atoms with Gasteiger partial charge in [-0.1, -0.05) is 18.2 Å². The van der Waals surface area contributed by atoms with Gasteiger partial charge in [0.25, 0.3) is 0 Å². The van der Waals surface area contributed by atoms with E-state index in [0.29, 0.717) is 0 Å². The Kier molecular flexibility index (Phi) is 5.24. The largest absolute Gasteiger partial charge is 0.465 e. The number of nitrogens with zero attached hydrogens (tertiary/aromatic N) is 1. The van der Waals surface area contributed by atoms with E-state index in [2.05, 4.69) is 48.5 Å². The van der Waals surface area contributed by atoms with Crippen LogP contribution in [0.15, 0.2) is 46.9 Å². The second kappa shape index (κ2) is 7.15. The average Bonchev–Trinajstić information content (AvgIpc) is 2.91. The summed E-state index contributed by atoms with van der Waals surface area (Å²) in [5.41, 5.74) is 1.27. The summed E-state index contributed by atoms with van der Waals surface area (Å²) in [6.45, 7) is 6.14. The molecular weight excluding hydrogens is 248 g/mol. The van der Waals surface area contributed by atoms with Gasteiger partial charge in [0.15, 0.2) is 0 Å². The molecule has 0 spiro atoms. The second-order valence-electron chi connectivity index (χ2n) is 5.23. The molecule has 0 amide bonds. The van der Waals surface area contributed by atoms with Gasteiger partial charge in [-0.3, -0.25) is 0 Å². The van der Waals surface area contributed by atoms with Crippen LogP contribution in [0.1, 0.15) is 30.9 Å². The number of nitrogens with one attached hydrogen (secondary N) is 1. The molecule has 0 saturated heterocycles. The molecule has 2 rings (SSSR count). The molecule has 0 aliphatic carbocycles. The van der Waals surface area contributed by atoms with Crippen molar-refractivity contribution in [3.63, 3.8) is 0 Å². The zero-order valence-corrected chi connectivity index (χ0v) is 12.6. The van der Waals surface area contributed by atoms with Crippen molar-refractivity contribution in [2.24, 2.45) is 0 Å². The Hall–Kier alpha value is -1.74. The van der Waals surface area contributed by atoms with Crippen LogP contribution in [0.2, 0.25) is 0 Å². The van der Waals surface area contributed by atoms with Crippen LogP contribution in [-0.4, -0.2) is 20.1 Å². The number of anilines is 1. The number of hydrogen-bond donors (Lipinski definition) is 1. The highest BCUT2D eigenvalue weighted by atomic mass is 16.3. The number of rotatable bonds is 7. The zero-order chi connectivity index (χ0) is 14.4. The quantitative estimate of drug-likeness (QED) is 0.778. The molecule has 1 heterocycles. The van der Waals surface area contributed by atoms with Crippen LogP contribution in [0.4, 0.5) is 5.69 Å². The number of para-hydroxylation sites is 1. The van der Waals surface area contributed by atoms with E-state index < -0.39 is 0 Å². The van der Waals surface area contributed by atoms with E-state index in [4.69, 9.17) is 4.42 Å². The lowest BCUT2D eigenvalue weighted by molar-refractivity contribution is 0.415. The number of hydrogen-bond acceptors (Lipinski definition) is 3. The SMILES string of the molecule is Cc1ccc(C(C)NCCCN(C)c2ccccc2)o1. The molecular formula is C17H24N2O. The highest BCUT2D eigenvalue weighted by molar-refractivity contribution is 5.44. The summed E-state index contributed by atoms with van der Waals surface area (Å²) in [4.78, 5) is 2.28. The minimum atomic E-state index is 0.269. The van der Waals surface area contributed by atoms with Gasteiger partial charge in [-0.25, -0.2) is 0 Å². The molecule has 0 saturated carbocycles. The molecule has 1 N–H and O–H groups in total. The van der Waals surface area contributed by atoms with Gasteiger partial charge in [0.1, 0.15) is 11.5 Å². The van der Waals surface area contributed by atoms with Gasteiger partial charge in [0.2, 0.25) is 0 Å². The van der Waals surface area contributed by atoms with E-state index in [0.717, 1.165) is 31.0 Å². The summed E-state index contributed by atoms with van der Waals surface area (Å²) >= 11 is 0. The second-order valence-corrected chi connectivity index (χ2v) is 5.23. The van der Waals surface area contributed by atoms with Crippen LogP contribution in [0.25, 0.3) is 0 Å². The van der Waals surface area contributed by atoms with Crippen molar-refractivity contribution < 1.29 is 4.42 Å². The molecule has 0 aliphatic rings. The first-order valence-electron chi connectivity index (χ1n) is 7.22. The first-order chi connectivity index (χ1) is 9.66. The molecule has 0 radical (unpaired) electrons. The van der Waals surface area contributed by atoms with E-state index in [1.165, 1.54) is 5.69 Å². The predicted octanol–water partition coefficient (Wildman–Crippen LogP) is 3.77. The number of furan rings is 1. The molecule has 1 aromatic heterocycles. The van der Waals surface area contributed by atoms with Crippen molar-refractivity contribution in [3.05, 3.63) is 54.0 Å². The molecule has 0 bridgehead atoms. The summed E-state index contributed by atoms with van der Waals surface area (Å²) < 4.78 is 5.62. The van der Waals surface area contributed by atoms with Crippen LogP contribution in [0.3, 0.4) is 0 Å². The van der Waals surface area contributed by atoms with Crippen molar-refractivity contribution in [1.29, 1.82) is 0 Å². The predicted molar refractivity (Wildman–Crippen MR) is 84.2 cm³/mol. The Morgan fingerprint density at radius 2 is 1.90 bits per heavy atom. The molecule has 1 unspecified atom stereocenters. The Balaban J connectivity index is 1.69. The van der Waals surface area contributed by atoms with Gasteiger partial charge in [-0.15, -0.1) is 0 Å². The molecule has 3 heteroatoms. The van der Waals surface area contributed by atoms with E-state index in [1.807, 2.05) is 25.1 Å². The highest BCUT2D eigenvalue weighted by Crippen LogP contribution is 2.15. The lowest BCUT2D eigenvalue weighted by Crippen LogP contribution is -2.25. The molecule has 1 atom stereocenters. The Labute approximate surface area is 121 Å². The summed E-state index contributed by atoms with van der Waals surface area (Å²) in [6, 6.07) is 14.8. The highest BCUT2D eigenvalue weighted by Gasteiger charge is 2.08. The third-order valence-electron chi connectivity index (χ3n) is 3.51. The topological polar surface area (TPSA) is 28.4 Å². The van der Waals surface area contributed by atoms with Crippen LogP contribution in [0.5, 0.6) is 0 Å². The Morgan fingerprint density at radius 1 is 1.15 bits per heavy atom. The van der Waals surface area contributed by atoms with Crippen molar-refractivity contribution in [2.75, 3.05) is 25.0 Å². The van der Waals surface area contributed by atoms with Crippen LogP contribution in [0, 0.1) is 6.92 Å². The zero-order valence-electron chi connectivity index (χ0n) is 12.6. The maximum Gasteiger partial charge on any atom is 0.120 e. The van der Waals surface area contributed by atoms with E-state index >= 15 is 0 Å². The van der Waals surface area contributed by atoms with Crippen molar-refractivity contribution in [2.45, 2.75) is 26.3 Å². The monoisotopic (exact) mass is 272 g/mol. The fourth-order valence-electron chi connectivity index (χ4n) is 2.23. The van der Waals surface area contributed by atoms with Crippen molar-refractivity contribution in [3.8, 4) is 0 Å². The average molecular weight is 272 g/mol. The third kappa shape index (κ3) is 4.14. The molecule has 108 valence electrons. The molecule has 3 nitrogen and oxygen atoms in total. The van der Waals surface area contributed by atoms with Crippen LogP contribution >= 0.6 is 0 Å². The summed E-state index contributed by atoms with van der Waals surface area (Å²) in [5.74, 6) is 1.98. The van der Waals surface area contributed by atoms with Gasteiger partial charge in [-0.05, 0) is 51.1 Å². The smallest absolute Gasteiger partial charge is 0.120 e. The fraction of sp³-hybridized carbons (Fsp3) is 0.412. The summed E-state index contributed by atoms with van der Waals surface area (Å²) in [7, 11) is 2.13. The molecule has 20 heavy (non-hydrogen) atoms. The van der Waals surface area contributed by atoms with E-state index in [1.54, 1.807) is 0 Å². The lowest BCUT2D eigenvalue weighted by Gasteiger charge is -2.20. The Bertz CT molecular complexity index is 507. The summed E-state index contributed by atoms with van der Waals surface area (Å²) in [5, 5.41) is 3.50. The molecule has 1 aromatic carbocycles. The minimum Gasteiger partial charge on any atom is -0.465 e. The van der Waals surface area contributed by atoms with Gasteiger partial charge >= 0.3 is 0 Å². The van der Waals surface area contributed by atoms with Gasteiger partial charge < -0.3 is 14.6 Å². The van der Waals surface area contributed by atoms with Gasteiger partial charge in [0.05, 0.1) is 6.04 Å². The first-order valence-corrected chi connectivity index (χ1v) is 7.22. The van der Waals surface area contributed by atoms with Gasteiger partial charge in [0, 0.05) is 19.3 Å². The van der Waals surface area contributed by atoms with E-state index in [9.17, 15) is 0 Å². The molecule has 0 aliphatic heterocycles.